The maximum Gasteiger partial charge on any atom is 1.00 e. The molecule has 1 atom stereocenters. The van der Waals surface area contributed by atoms with Crippen molar-refractivity contribution < 1.29 is 86.2 Å². The first kappa shape index (κ1) is 15.8. The molecule has 4 heteroatoms. The van der Waals surface area contributed by atoms with E-state index in [9.17, 15) is 0 Å². The van der Waals surface area contributed by atoms with Crippen molar-refractivity contribution in [2.24, 2.45) is 0 Å². The predicted octanol–water partition coefficient (Wildman–Crippen LogP) is -3.12. The molecule has 0 aliphatic heterocycles. The third kappa shape index (κ3) is 8.86. The molecule has 0 heterocycles. The Morgan fingerprint density at radius 2 is 1.50 bits per heavy atom. The fourth-order valence-electron chi connectivity index (χ4n) is 0. The van der Waals surface area contributed by atoms with Gasteiger partial charge in [0.15, 0.2) is 0 Å². The van der Waals surface area contributed by atoms with Gasteiger partial charge in [-0.05, 0) is 9.47 Å². The van der Waals surface area contributed by atoms with Crippen molar-refractivity contribution in [1.82, 2.24) is 0 Å². The molecule has 0 aromatic carbocycles. The number of hydrogen-bond donors (Lipinski definition) is 1. The molecule has 0 saturated heterocycles. The second kappa shape index (κ2) is 16.8. The molecule has 1 N–H and O–H groups in total. The molecule has 0 amide bonds. The molecule has 0 aliphatic carbocycles. The fraction of sp³-hybridized carbons (Fsp3) is 0. The van der Waals surface area contributed by atoms with Crippen molar-refractivity contribution in [3.05, 3.63) is 0 Å². The van der Waals surface area contributed by atoms with Crippen LogP contribution in [0.2, 0.25) is 0 Å². The Bertz CT molecular complexity index is 11.6. The second-order valence-corrected chi connectivity index (χ2v) is 0. The van der Waals surface area contributed by atoms with Gasteiger partial charge in [0.2, 0.25) is 0 Å². The smallest absolute Gasteiger partial charge is 1.00 e. The van der Waals surface area contributed by atoms with Crippen LogP contribution in [0, 0.1) is 0 Å². The van der Waals surface area contributed by atoms with Crippen LogP contribution >= 0.6 is 9.47 Å². The van der Waals surface area contributed by atoms with Gasteiger partial charge in [-0.3, -0.25) is 0 Å². The SMILES string of the molecule is OP.[H-].[Rb+].[Ti]. The minimum absolute atomic E-state index is 0. The zero-order valence-electron chi connectivity index (χ0n) is 3.52. The van der Waals surface area contributed by atoms with Crippen LogP contribution in [0.5, 0.6) is 0 Å². The van der Waals surface area contributed by atoms with E-state index in [2.05, 4.69) is 0 Å². The molecule has 0 aromatic rings. The van der Waals surface area contributed by atoms with Crippen molar-refractivity contribution >= 4 is 9.47 Å². The van der Waals surface area contributed by atoms with Gasteiger partial charge in [0.1, 0.15) is 0 Å². The third-order valence-electron chi connectivity index (χ3n) is 0. The van der Waals surface area contributed by atoms with Crippen LogP contribution in [0.25, 0.3) is 0 Å². The van der Waals surface area contributed by atoms with Gasteiger partial charge in [-0.1, -0.05) is 0 Å². The Labute approximate surface area is 93.4 Å². The molecule has 0 saturated carbocycles. The summed E-state index contributed by atoms with van der Waals surface area (Å²) in [5.41, 5.74) is 0. The van der Waals surface area contributed by atoms with Gasteiger partial charge in [-0.15, -0.1) is 0 Å². The van der Waals surface area contributed by atoms with Crippen LogP contribution in [-0.2, 0) is 21.7 Å². The van der Waals surface area contributed by atoms with Crippen molar-refractivity contribution in [2.45, 2.75) is 0 Å². The molecule has 0 aromatic heterocycles. The average molecular weight is 184 g/mol. The molecule has 0 spiro atoms. The van der Waals surface area contributed by atoms with Crippen LogP contribution in [0.15, 0.2) is 0 Å². The average Bonchev–Trinajstić information content (AvgIpc) is 1.00. The standard InChI is InChI=1S/H3OP.Rb.Ti.H/c1-2;;;/h1H,2H2;;;/q;+1;;-1. The summed E-state index contributed by atoms with van der Waals surface area (Å²) in [5, 5.41) is 0. The molecule has 0 bridgehead atoms. The molecule has 0 radical (unpaired) electrons. The van der Waals surface area contributed by atoms with E-state index in [0.717, 1.165) is 0 Å². The molecule has 1 unspecified atom stereocenters. The monoisotopic (exact) mass is 184 g/mol. The maximum atomic E-state index is 6.92. The molecule has 0 rings (SSSR count). The van der Waals surface area contributed by atoms with E-state index in [1.807, 2.05) is 0 Å². The predicted molar refractivity (Wildman–Crippen MR) is 13.0 cm³/mol. The van der Waals surface area contributed by atoms with Gasteiger partial charge >= 0.3 is 58.2 Å². The van der Waals surface area contributed by atoms with E-state index >= 15 is 0 Å². The fourth-order valence-corrected chi connectivity index (χ4v) is 0. The Morgan fingerprint density at radius 3 is 1.50 bits per heavy atom. The summed E-state index contributed by atoms with van der Waals surface area (Å²) in [6, 6.07) is 0. The second-order valence-electron chi connectivity index (χ2n) is 0. The van der Waals surface area contributed by atoms with E-state index in [1.54, 1.807) is 0 Å². The summed E-state index contributed by atoms with van der Waals surface area (Å²) >= 11 is 0. The van der Waals surface area contributed by atoms with Crippen molar-refractivity contribution in [3.63, 3.8) is 0 Å². The Hall–Kier alpha value is 2.91. The summed E-state index contributed by atoms with van der Waals surface area (Å²) in [7, 11) is 1.42. The van der Waals surface area contributed by atoms with Crippen LogP contribution < -0.4 is 58.2 Å². The van der Waals surface area contributed by atoms with Gasteiger partial charge in [0.05, 0.1) is 0 Å². The van der Waals surface area contributed by atoms with E-state index in [-0.39, 0.29) is 81.3 Å². The zero-order chi connectivity index (χ0) is 2.00. The van der Waals surface area contributed by atoms with Gasteiger partial charge < -0.3 is 6.32 Å². The summed E-state index contributed by atoms with van der Waals surface area (Å²) < 4.78 is 0. The zero-order valence-corrected chi connectivity index (χ0v) is 10.2. The Kier molecular flexibility index (Phi) is 66.4. The summed E-state index contributed by atoms with van der Waals surface area (Å²) in [6.45, 7) is 0. The van der Waals surface area contributed by atoms with E-state index in [4.69, 9.17) is 4.89 Å². The quantitative estimate of drug-likeness (QED) is 0.312. The number of hydrogen-bond acceptors (Lipinski definition) is 1. The molecule has 4 heavy (non-hydrogen) atoms. The first-order chi connectivity index (χ1) is 1.00. The Balaban J connectivity index is -0.00000000167. The van der Waals surface area contributed by atoms with E-state index < -0.39 is 0 Å². The van der Waals surface area contributed by atoms with E-state index in [0.29, 0.717) is 0 Å². The molecule has 0 fully saturated rings. The van der Waals surface area contributed by atoms with Crippen molar-refractivity contribution in [2.75, 3.05) is 0 Å². The van der Waals surface area contributed by atoms with Crippen molar-refractivity contribution in [3.8, 4) is 0 Å². The van der Waals surface area contributed by atoms with Crippen LogP contribution in [-0.4, -0.2) is 4.89 Å². The summed E-state index contributed by atoms with van der Waals surface area (Å²) in [6.07, 6.45) is 0. The first-order valence-corrected chi connectivity index (χ1v) is 0.775. The summed E-state index contributed by atoms with van der Waals surface area (Å²) in [5.74, 6) is 0. The van der Waals surface area contributed by atoms with Gasteiger partial charge in [0.25, 0.3) is 0 Å². The normalized spacial score (nSPS) is 1.50. The van der Waals surface area contributed by atoms with Crippen LogP contribution in [0.3, 0.4) is 0 Å². The van der Waals surface area contributed by atoms with Crippen molar-refractivity contribution in [1.29, 1.82) is 0 Å². The molecule has 1 nitrogen and oxygen atoms in total. The first-order valence-electron chi connectivity index (χ1n) is 0.258. The third-order valence-corrected chi connectivity index (χ3v) is 0. The molecule has 0 aliphatic rings. The van der Waals surface area contributed by atoms with Gasteiger partial charge in [-0.2, -0.15) is 0 Å². The van der Waals surface area contributed by atoms with Gasteiger partial charge in [0, 0.05) is 21.7 Å². The summed E-state index contributed by atoms with van der Waals surface area (Å²) in [4.78, 5) is 6.92. The topological polar surface area (TPSA) is 20.2 Å². The minimum Gasteiger partial charge on any atom is -1.00 e. The van der Waals surface area contributed by atoms with Crippen LogP contribution in [0.4, 0.5) is 0 Å². The van der Waals surface area contributed by atoms with E-state index in [1.165, 1.54) is 9.47 Å². The number of rotatable bonds is 0. The Morgan fingerprint density at radius 1 is 1.50 bits per heavy atom. The van der Waals surface area contributed by atoms with Crippen LogP contribution in [0.1, 0.15) is 1.43 Å². The largest absolute Gasteiger partial charge is 1.00 e. The molecular weight excluding hydrogens is 180 g/mol. The van der Waals surface area contributed by atoms with Gasteiger partial charge in [-0.25, -0.2) is 0 Å². The molecule has 20 valence electrons. The maximum absolute atomic E-state index is 6.92. The molecular formula is H4OPRbTi. The minimum atomic E-state index is 0.